The molecule has 0 aromatic heterocycles. The molecule has 2 nitrogen and oxygen atoms in total. The van der Waals surface area contributed by atoms with Crippen molar-refractivity contribution >= 4 is 5.91 Å². The zero-order chi connectivity index (χ0) is 16.9. The highest BCUT2D eigenvalue weighted by molar-refractivity contribution is 5.81. The summed E-state index contributed by atoms with van der Waals surface area (Å²) in [4.78, 5) is 15.0. The summed E-state index contributed by atoms with van der Waals surface area (Å²) in [5.41, 5.74) is 2.59. The second-order valence-corrected chi connectivity index (χ2v) is 6.86. The first-order valence-electron chi connectivity index (χ1n) is 9.11. The standard InChI is InChI=1S/C22H27NO/c1-3-18(20-12-8-5-9-13-20)16-21-14-15-23(22(21)24)17(2)19-10-6-4-7-11-19/h4-13,17-18,21H,3,14-16H2,1-2H3/t17-,18-,21-/m0/s1. The fourth-order valence-corrected chi connectivity index (χ4v) is 3.88. The lowest BCUT2D eigenvalue weighted by Crippen LogP contribution is -2.30. The van der Waals surface area contributed by atoms with Gasteiger partial charge in [0.25, 0.3) is 0 Å². The fourth-order valence-electron chi connectivity index (χ4n) is 3.88. The third kappa shape index (κ3) is 3.53. The van der Waals surface area contributed by atoms with Gasteiger partial charge < -0.3 is 4.90 Å². The van der Waals surface area contributed by atoms with E-state index in [2.05, 4.69) is 61.2 Å². The highest BCUT2D eigenvalue weighted by Crippen LogP contribution is 2.35. The van der Waals surface area contributed by atoms with Crippen LogP contribution in [0.25, 0.3) is 0 Å². The molecule has 0 aliphatic carbocycles. The molecule has 2 heteroatoms. The van der Waals surface area contributed by atoms with Gasteiger partial charge in [0.2, 0.25) is 5.91 Å². The van der Waals surface area contributed by atoms with Crippen LogP contribution in [0.4, 0.5) is 0 Å². The second-order valence-electron chi connectivity index (χ2n) is 6.86. The molecule has 2 aromatic carbocycles. The van der Waals surface area contributed by atoms with Crippen LogP contribution in [0.3, 0.4) is 0 Å². The van der Waals surface area contributed by atoms with E-state index in [0.717, 1.165) is 25.8 Å². The van der Waals surface area contributed by atoms with E-state index in [1.54, 1.807) is 0 Å². The van der Waals surface area contributed by atoms with Gasteiger partial charge in [0.1, 0.15) is 0 Å². The summed E-state index contributed by atoms with van der Waals surface area (Å²) in [6.45, 7) is 5.25. The summed E-state index contributed by atoms with van der Waals surface area (Å²) in [6, 6.07) is 21.1. The number of nitrogens with zero attached hydrogens (tertiary/aromatic N) is 1. The summed E-state index contributed by atoms with van der Waals surface area (Å²) < 4.78 is 0. The predicted octanol–water partition coefficient (Wildman–Crippen LogP) is 5.18. The van der Waals surface area contributed by atoms with Crippen molar-refractivity contribution in [1.29, 1.82) is 0 Å². The first-order valence-corrected chi connectivity index (χ1v) is 9.11. The number of hydrogen-bond acceptors (Lipinski definition) is 1. The topological polar surface area (TPSA) is 20.3 Å². The van der Waals surface area contributed by atoms with Crippen molar-refractivity contribution in [3.8, 4) is 0 Å². The normalized spacial score (nSPS) is 20.2. The van der Waals surface area contributed by atoms with Crippen LogP contribution in [0.15, 0.2) is 60.7 Å². The molecule has 0 bridgehead atoms. The van der Waals surface area contributed by atoms with Gasteiger partial charge in [0, 0.05) is 12.5 Å². The van der Waals surface area contributed by atoms with Gasteiger partial charge in [-0.1, -0.05) is 67.6 Å². The molecule has 1 aliphatic heterocycles. The molecule has 1 aliphatic rings. The summed E-state index contributed by atoms with van der Waals surface area (Å²) in [7, 11) is 0. The fraction of sp³-hybridized carbons (Fsp3) is 0.409. The average Bonchev–Trinajstić information content (AvgIpc) is 3.01. The number of likely N-dealkylation sites (tertiary alicyclic amines) is 1. The van der Waals surface area contributed by atoms with Crippen LogP contribution in [0.1, 0.15) is 56.2 Å². The first kappa shape index (κ1) is 16.8. The number of benzene rings is 2. The Kier molecular flexibility index (Phi) is 5.34. The molecule has 3 atom stereocenters. The molecule has 1 saturated heterocycles. The Morgan fingerprint density at radius 2 is 1.58 bits per heavy atom. The Bertz CT molecular complexity index is 652. The summed E-state index contributed by atoms with van der Waals surface area (Å²) >= 11 is 0. The van der Waals surface area contributed by atoms with E-state index < -0.39 is 0 Å². The lowest BCUT2D eigenvalue weighted by molar-refractivity contribution is -0.133. The molecule has 0 spiro atoms. The van der Waals surface area contributed by atoms with Crippen LogP contribution in [0.2, 0.25) is 0 Å². The van der Waals surface area contributed by atoms with Crippen molar-refractivity contribution < 1.29 is 4.79 Å². The molecule has 3 rings (SSSR count). The van der Waals surface area contributed by atoms with Gasteiger partial charge in [0.05, 0.1) is 6.04 Å². The van der Waals surface area contributed by atoms with Gasteiger partial charge in [-0.25, -0.2) is 0 Å². The van der Waals surface area contributed by atoms with Gasteiger partial charge in [-0.15, -0.1) is 0 Å². The SMILES string of the molecule is CC[C@@H](C[C@@H]1CCN([C@@H](C)c2ccccc2)C1=O)c1ccccc1. The molecule has 2 aromatic rings. The molecular weight excluding hydrogens is 294 g/mol. The van der Waals surface area contributed by atoms with Crippen molar-refractivity contribution in [2.45, 2.75) is 45.1 Å². The quantitative estimate of drug-likeness (QED) is 0.718. The summed E-state index contributed by atoms with van der Waals surface area (Å²) in [6.07, 6.45) is 3.04. The van der Waals surface area contributed by atoms with E-state index in [0.29, 0.717) is 11.8 Å². The Balaban J connectivity index is 1.68. The zero-order valence-corrected chi connectivity index (χ0v) is 14.7. The van der Waals surface area contributed by atoms with Crippen LogP contribution >= 0.6 is 0 Å². The van der Waals surface area contributed by atoms with Gasteiger partial charge in [-0.05, 0) is 43.2 Å². The molecule has 24 heavy (non-hydrogen) atoms. The molecule has 1 fully saturated rings. The lowest BCUT2D eigenvalue weighted by atomic mass is 9.86. The highest BCUT2D eigenvalue weighted by atomic mass is 16.2. The number of hydrogen-bond donors (Lipinski definition) is 0. The van der Waals surface area contributed by atoms with Gasteiger partial charge in [0.15, 0.2) is 0 Å². The van der Waals surface area contributed by atoms with Crippen molar-refractivity contribution in [2.75, 3.05) is 6.54 Å². The minimum Gasteiger partial charge on any atom is -0.336 e. The molecular formula is C22H27NO. The van der Waals surface area contributed by atoms with E-state index in [4.69, 9.17) is 0 Å². The van der Waals surface area contributed by atoms with Crippen molar-refractivity contribution in [1.82, 2.24) is 4.90 Å². The Morgan fingerprint density at radius 3 is 2.17 bits per heavy atom. The highest BCUT2D eigenvalue weighted by Gasteiger charge is 2.35. The number of carbonyl (C=O) groups is 1. The molecule has 126 valence electrons. The van der Waals surface area contributed by atoms with E-state index >= 15 is 0 Å². The Hall–Kier alpha value is -2.09. The van der Waals surface area contributed by atoms with Gasteiger partial charge in [-0.2, -0.15) is 0 Å². The van der Waals surface area contributed by atoms with Crippen LogP contribution < -0.4 is 0 Å². The van der Waals surface area contributed by atoms with E-state index in [9.17, 15) is 4.79 Å². The maximum atomic E-state index is 12.9. The number of carbonyl (C=O) groups excluding carboxylic acids is 1. The van der Waals surface area contributed by atoms with E-state index in [1.165, 1.54) is 11.1 Å². The van der Waals surface area contributed by atoms with Gasteiger partial charge in [-0.3, -0.25) is 4.79 Å². The second kappa shape index (κ2) is 7.65. The molecule has 1 amide bonds. The lowest BCUT2D eigenvalue weighted by Gasteiger charge is -2.26. The van der Waals surface area contributed by atoms with Crippen LogP contribution in [-0.2, 0) is 4.79 Å². The van der Waals surface area contributed by atoms with Crippen molar-refractivity contribution in [2.24, 2.45) is 5.92 Å². The van der Waals surface area contributed by atoms with Gasteiger partial charge >= 0.3 is 0 Å². The minimum atomic E-state index is 0.167. The van der Waals surface area contributed by atoms with Crippen molar-refractivity contribution in [3.63, 3.8) is 0 Å². The van der Waals surface area contributed by atoms with Crippen molar-refractivity contribution in [3.05, 3.63) is 71.8 Å². The third-order valence-electron chi connectivity index (χ3n) is 5.43. The molecule has 0 unspecified atom stereocenters. The summed E-state index contributed by atoms with van der Waals surface area (Å²) in [5, 5.41) is 0. The Labute approximate surface area is 145 Å². The summed E-state index contributed by atoms with van der Waals surface area (Å²) in [5.74, 6) is 0.981. The van der Waals surface area contributed by atoms with Crippen LogP contribution in [-0.4, -0.2) is 17.4 Å². The van der Waals surface area contributed by atoms with Crippen LogP contribution in [0.5, 0.6) is 0 Å². The monoisotopic (exact) mass is 321 g/mol. The number of rotatable bonds is 6. The smallest absolute Gasteiger partial charge is 0.226 e. The maximum Gasteiger partial charge on any atom is 0.226 e. The molecule has 1 heterocycles. The Morgan fingerprint density at radius 1 is 1.00 bits per heavy atom. The average molecular weight is 321 g/mol. The first-order chi connectivity index (χ1) is 11.7. The minimum absolute atomic E-state index is 0.167. The van der Waals surface area contributed by atoms with E-state index in [-0.39, 0.29) is 12.0 Å². The third-order valence-corrected chi connectivity index (χ3v) is 5.43. The molecule has 0 saturated carbocycles. The molecule has 0 radical (unpaired) electrons. The maximum absolute atomic E-state index is 12.9. The van der Waals surface area contributed by atoms with Crippen LogP contribution in [0, 0.1) is 5.92 Å². The predicted molar refractivity (Wildman–Crippen MR) is 98.8 cm³/mol. The largest absolute Gasteiger partial charge is 0.336 e. The van der Waals surface area contributed by atoms with E-state index in [1.807, 2.05) is 18.2 Å². The zero-order valence-electron chi connectivity index (χ0n) is 14.7. The molecule has 0 N–H and O–H groups in total. The number of amides is 1.